The Morgan fingerprint density at radius 2 is 1.35 bits per heavy atom. The van der Waals surface area contributed by atoms with E-state index in [9.17, 15) is 9.59 Å². The van der Waals surface area contributed by atoms with Gasteiger partial charge in [0.1, 0.15) is 5.70 Å². The Kier molecular flexibility index (Phi) is 5.61. The first-order chi connectivity index (χ1) is 14.8. The molecule has 156 valence electrons. The number of amides is 2. The van der Waals surface area contributed by atoms with Crippen molar-refractivity contribution >= 4 is 52.0 Å². The first-order valence-electron chi connectivity index (χ1n) is 9.75. The van der Waals surface area contributed by atoms with Gasteiger partial charge in [-0.3, -0.25) is 9.59 Å². The van der Waals surface area contributed by atoms with Gasteiger partial charge in [-0.1, -0.05) is 47.5 Å². The van der Waals surface area contributed by atoms with Crippen LogP contribution in [0.4, 0.5) is 11.4 Å². The molecule has 1 aliphatic heterocycles. The summed E-state index contributed by atoms with van der Waals surface area (Å²) in [6, 6.07) is 17.8. The number of nitrogens with one attached hydrogen (secondary N) is 1. The molecule has 0 unspecified atom stereocenters. The third kappa shape index (κ3) is 3.97. The molecule has 1 N–H and O–H groups in total. The summed E-state index contributed by atoms with van der Waals surface area (Å²) < 4.78 is 0. The van der Waals surface area contributed by atoms with Gasteiger partial charge in [-0.15, -0.1) is 0 Å². The van der Waals surface area contributed by atoms with Crippen molar-refractivity contribution in [3.05, 3.63) is 98.7 Å². The summed E-state index contributed by atoms with van der Waals surface area (Å²) in [6.07, 6.45) is 0. The molecule has 0 atom stereocenters. The lowest BCUT2D eigenvalue weighted by Crippen LogP contribution is -2.32. The number of hydrogen-bond donors (Lipinski definition) is 1. The van der Waals surface area contributed by atoms with Gasteiger partial charge in [-0.25, -0.2) is 4.90 Å². The third-order valence-corrected chi connectivity index (χ3v) is 5.91. The molecule has 6 heteroatoms. The van der Waals surface area contributed by atoms with Gasteiger partial charge in [0.25, 0.3) is 11.8 Å². The molecule has 3 aromatic rings. The lowest BCUT2D eigenvalue weighted by molar-refractivity contribution is -0.120. The molecule has 0 saturated heterocycles. The van der Waals surface area contributed by atoms with E-state index < -0.39 is 11.8 Å². The summed E-state index contributed by atoms with van der Waals surface area (Å²) in [4.78, 5) is 28.2. The van der Waals surface area contributed by atoms with Crippen LogP contribution in [0.5, 0.6) is 0 Å². The smallest absolute Gasteiger partial charge is 0.282 e. The van der Waals surface area contributed by atoms with E-state index in [2.05, 4.69) is 5.32 Å². The monoisotopic (exact) mass is 450 g/mol. The first kappa shape index (κ1) is 21.2. The molecule has 3 aromatic carbocycles. The minimum Gasteiger partial charge on any atom is -0.350 e. The molecule has 0 aliphatic carbocycles. The number of carbonyl (C=O) groups excluding carboxylic acids is 2. The van der Waals surface area contributed by atoms with Crippen LogP contribution in [0.25, 0.3) is 5.57 Å². The van der Waals surface area contributed by atoms with E-state index in [1.807, 2.05) is 39.0 Å². The number of aryl methyl sites for hydroxylation is 3. The highest BCUT2D eigenvalue weighted by atomic mass is 35.5. The lowest BCUT2D eigenvalue weighted by Gasteiger charge is -2.17. The Hall–Kier alpha value is -3.08. The second kappa shape index (κ2) is 8.22. The van der Waals surface area contributed by atoms with Gasteiger partial charge in [-0.05, 0) is 79.4 Å². The Bertz CT molecular complexity index is 1250. The molecule has 2 amide bonds. The van der Waals surface area contributed by atoms with E-state index in [1.165, 1.54) is 4.90 Å². The van der Waals surface area contributed by atoms with Crippen LogP contribution in [-0.4, -0.2) is 11.8 Å². The number of imide groups is 1. The SMILES string of the molecule is Cc1ccc(N2C(=O)C(Nc3cc(Cl)ccc3C)=C(c3ccc(Cl)cc3)C2=O)cc1C. The third-order valence-electron chi connectivity index (χ3n) is 5.42. The first-order valence-corrected chi connectivity index (χ1v) is 10.5. The molecule has 4 rings (SSSR count). The van der Waals surface area contributed by atoms with E-state index in [-0.39, 0.29) is 5.70 Å². The maximum atomic E-state index is 13.5. The molecule has 0 bridgehead atoms. The molecule has 31 heavy (non-hydrogen) atoms. The Labute approximate surface area is 191 Å². The van der Waals surface area contributed by atoms with Crippen LogP contribution in [0.2, 0.25) is 10.0 Å². The maximum absolute atomic E-state index is 13.5. The second-order valence-electron chi connectivity index (χ2n) is 7.56. The van der Waals surface area contributed by atoms with Crippen molar-refractivity contribution in [2.75, 3.05) is 10.2 Å². The van der Waals surface area contributed by atoms with E-state index >= 15 is 0 Å². The highest BCUT2D eigenvalue weighted by molar-refractivity contribution is 6.46. The van der Waals surface area contributed by atoms with E-state index in [1.54, 1.807) is 42.5 Å². The number of anilines is 2. The molecular formula is C25H20Cl2N2O2. The molecule has 1 aliphatic rings. The lowest BCUT2D eigenvalue weighted by atomic mass is 10.0. The number of hydrogen-bond acceptors (Lipinski definition) is 3. The normalized spacial score (nSPS) is 13.9. The van der Waals surface area contributed by atoms with Crippen LogP contribution in [0, 0.1) is 20.8 Å². The van der Waals surface area contributed by atoms with Gasteiger partial charge in [0.15, 0.2) is 0 Å². The summed E-state index contributed by atoms with van der Waals surface area (Å²) in [5, 5.41) is 4.25. The predicted octanol–water partition coefficient (Wildman–Crippen LogP) is 6.32. The molecule has 0 spiro atoms. The van der Waals surface area contributed by atoms with Crippen molar-refractivity contribution in [2.45, 2.75) is 20.8 Å². The van der Waals surface area contributed by atoms with E-state index in [0.29, 0.717) is 32.6 Å². The summed E-state index contributed by atoms with van der Waals surface area (Å²) >= 11 is 12.2. The fourth-order valence-electron chi connectivity index (χ4n) is 3.49. The number of nitrogens with zero attached hydrogens (tertiary/aromatic N) is 1. The fourth-order valence-corrected chi connectivity index (χ4v) is 3.79. The zero-order valence-electron chi connectivity index (χ0n) is 17.3. The van der Waals surface area contributed by atoms with Crippen LogP contribution in [0.3, 0.4) is 0 Å². The minimum absolute atomic E-state index is 0.205. The molecule has 0 fully saturated rings. The highest BCUT2D eigenvalue weighted by Crippen LogP contribution is 2.35. The average Bonchev–Trinajstić information content (AvgIpc) is 2.97. The Morgan fingerprint density at radius 3 is 2.03 bits per heavy atom. The Morgan fingerprint density at radius 1 is 0.710 bits per heavy atom. The predicted molar refractivity (Wildman–Crippen MR) is 127 cm³/mol. The van der Waals surface area contributed by atoms with Gasteiger partial charge in [0, 0.05) is 15.7 Å². The Balaban J connectivity index is 1.85. The molecular weight excluding hydrogens is 431 g/mol. The van der Waals surface area contributed by atoms with Gasteiger partial charge >= 0.3 is 0 Å². The van der Waals surface area contributed by atoms with Crippen LogP contribution in [-0.2, 0) is 9.59 Å². The maximum Gasteiger partial charge on any atom is 0.282 e. The van der Waals surface area contributed by atoms with Gasteiger partial charge < -0.3 is 5.32 Å². The van der Waals surface area contributed by atoms with E-state index in [0.717, 1.165) is 16.7 Å². The summed E-state index contributed by atoms with van der Waals surface area (Å²) in [6.45, 7) is 5.84. The molecule has 0 saturated carbocycles. The number of benzene rings is 3. The van der Waals surface area contributed by atoms with Crippen molar-refractivity contribution in [3.63, 3.8) is 0 Å². The van der Waals surface area contributed by atoms with Crippen LogP contribution in [0.1, 0.15) is 22.3 Å². The zero-order chi connectivity index (χ0) is 22.3. The van der Waals surface area contributed by atoms with Crippen molar-refractivity contribution in [1.29, 1.82) is 0 Å². The van der Waals surface area contributed by atoms with Crippen molar-refractivity contribution in [1.82, 2.24) is 0 Å². The van der Waals surface area contributed by atoms with Gasteiger partial charge in [0.2, 0.25) is 0 Å². The van der Waals surface area contributed by atoms with Crippen molar-refractivity contribution in [2.24, 2.45) is 0 Å². The van der Waals surface area contributed by atoms with Gasteiger partial charge in [0.05, 0.1) is 11.3 Å². The van der Waals surface area contributed by atoms with Crippen LogP contribution >= 0.6 is 23.2 Å². The standard InChI is InChI=1S/C25H20Cl2N2O2/c1-14-5-11-20(12-16(14)3)29-24(30)22(17-6-9-18(26)10-7-17)23(25(29)31)28-21-13-19(27)8-4-15(21)2/h4-13,28H,1-3H3. The van der Waals surface area contributed by atoms with Crippen molar-refractivity contribution in [3.8, 4) is 0 Å². The molecule has 1 heterocycles. The largest absolute Gasteiger partial charge is 0.350 e. The van der Waals surface area contributed by atoms with Gasteiger partial charge in [-0.2, -0.15) is 0 Å². The highest BCUT2D eigenvalue weighted by Gasteiger charge is 2.40. The minimum atomic E-state index is -0.419. The summed E-state index contributed by atoms with van der Waals surface area (Å²) in [5.41, 5.74) is 5.28. The number of carbonyl (C=O) groups is 2. The average molecular weight is 451 g/mol. The second-order valence-corrected chi connectivity index (χ2v) is 8.43. The summed E-state index contributed by atoms with van der Waals surface area (Å²) in [7, 11) is 0. The molecule has 0 radical (unpaired) electrons. The quantitative estimate of drug-likeness (QED) is 0.473. The number of rotatable bonds is 4. The fraction of sp³-hybridized carbons (Fsp3) is 0.120. The number of halogens is 2. The topological polar surface area (TPSA) is 49.4 Å². The van der Waals surface area contributed by atoms with E-state index in [4.69, 9.17) is 23.2 Å². The van der Waals surface area contributed by atoms with Crippen LogP contribution < -0.4 is 10.2 Å². The molecule has 0 aromatic heterocycles. The molecule has 4 nitrogen and oxygen atoms in total. The summed E-state index contributed by atoms with van der Waals surface area (Å²) in [5.74, 6) is -0.810. The van der Waals surface area contributed by atoms with Crippen molar-refractivity contribution < 1.29 is 9.59 Å². The zero-order valence-corrected chi connectivity index (χ0v) is 18.8. The van der Waals surface area contributed by atoms with Crippen LogP contribution in [0.15, 0.2) is 66.4 Å².